The number of benzene rings is 1. The van der Waals surface area contributed by atoms with Gasteiger partial charge < -0.3 is 5.32 Å². The Morgan fingerprint density at radius 2 is 1.94 bits per heavy atom. The average Bonchev–Trinajstić information content (AvgIpc) is 2.39. The first-order chi connectivity index (χ1) is 8.24. The summed E-state index contributed by atoms with van der Waals surface area (Å²) in [5.74, 6) is 0.750. The van der Waals surface area contributed by atoms with E-state index in [4.69, 9.17) is 0 Å². The molecule has 94 valence electrons. The third-order valence-electron chi connectivity index (χ3n) is 4.05. The van der Waals surface area contributed by atoms with Crippen molar-refractivity contribution in [2.45, 2.75) is 51.0 Å². The van der Waals surface area contributed by atoms with Gasteiger partial charge >= 0.3 is 0 Å². The van der Waals surface area contributed by atoms with Crippen LogP contribution in [0.2, 0.25) is 0 Å². The van der Waals surface area contributed by atoms with Crippen molar-refractivity contribution in [1.29, 1.82) is 0 Å². The van der Waals surface area contributed by atoms with Crippen molar-refractivity contribution in [1.82, 2.24) is 5.32 Å². The second-order valence-electron chi connectivity index (χ2n) is 5.05. The van der Waals surface area contributed by atoms with Crippen LogP contribution >= 0.6 is 15.9 Å². The average molecular weight is 296 g/mol. The Morgan fingerprint density at radius 1 is 1.24 bits per heavy atom. The highest BCUT2D eigenvalue weighted by atomic mass is 79.9. The van der Waals surface area contributed by atoms with E-state index in [1.54, 1.807) is 0 Å². The Balaban J connectivity index is 2.08. The van der Waals surface area contributed by atoms with Crippen LogP contribution in [0.4, 0.5) is 0 Å². The van der Waals surface area contributed by atoms with E-state index < -0.39 is 0 Å². The van der Waals surface area contributed by atoms with Crippen LogP contribution in [0.1, 0.15) is 49.7 Å². The van der Waals surface area contributed by atoms with Crippen molar-refractivity contribution >= 4 is 15.9 Å². The lowest BCUT2D eigenvalue weighted by Gasteiger charge is -2.29. The maximum Gasteiger partial charge on any atom is 0.0212 e. The molecule has 17 heavy (non-hydrogen) atoms. The molecule has 0 bridgehead atoms. The zero-order valence-corrected chi connectivity index (χ0v) is 12.4. The molecule has 1 saturated carbocycles. The summed E-state index contributed by atoms with van der Waals surface area (Å²) >= 11 is 3.74. The van der Waals surface area contributed by atoms with Gasteiger partial charge in [0.05, 0.1) is 0 Å². The standard InChI is InChI=1S/C15H22BrN/c1-3-11-4-9-14(15(16)10-11)12-5-7-13(17-2)8-6-12/h4,9-10,12-13,17H,3,5-8H2,1-2H3. The fraction of sp³-hybridized carbons (Fsp3) is 0.600. The second-order valence-corrected chi connectivity index (χ2v) is 5.90. The van der Waals surface area contributed by atoms with Crippen molar-refractivity contribution in [3.8, 4) is 0 Å². The summed E-state index contributed by atoms with van der Waals surface area (Å²) < 4.78 is 1.31. The van der Waals surface area contributed by atoms with E-state index in [1.807, 2.05) is 0 Å². The first kappa shape index (κ1) is 13.1. The summed E-state index contributed by atoms with van der Waals surface area (Å²) in [4.78, 5) is 0. The lowest BCUT2D eigenvalue weighted by atomic mass is 9.81. The molecule has 2 rings (SSSR count). The zero-order chi connectivity index (χ0) is 12.3. The Labute approximate surface area is 113 Å². The molecule has 1 fully saturated rings. The molecule has 1 aromatic rings. The quantitative estimate of drug-likeness (QED) is 0.879. The zero-order valence-electron chi connectivity index (χ0n) is 10.8. The van der Waals surface area contributed by atoms with Crippen LogP contribution < -0.4 is 5.32 Å². The lowest BCUT2D eigenvalue weighted by Crippen LogP contribution is -2.29. The first-order valence-electron chi connectivity index (χ1n) is 6.70. The topological polar surface area (TPSA) is 12.0 Å². The monoisotopic (exact) mass is 295 g/mol. The molecule has 1 nitrogen and oxygen atoms in total. The highest BCUT2D eigenvalue weighted by Crippen LogP contribution is 2.36. The highest BCUT2D eigenvalue weighted by Gasteiger charge is 2.22. The number of hydrogen-bond acceptors (Lipinski definition) is 1. The van der Waals surface area contributed by atoms with Crippen LogP contribution in [-0.2, 0) is 6.42 Å². The molecule has 1 N–H and O–H groups in total. The summed E-state index contributed by atoms with van der Waals surface area (Å²) in [5.41, 5.74) is 2.93. The Kier molecular flexibility index (Phi) is 4.63. The van der Waals surface area contributed by atoms with Crippen molar-refractivity contribution in [2.24, 2.45) is 0 Å². The molecule has 0 atom stereocenters. The van der Waals surface area contributed by atoms with Crippen molar-refractivity contribution in [2.75, 3.05) is 7.05 Å². The van der Waals surface area contributed by atoms with Crippen molar-refractivity contribution in [3.05, 3.63) is 33.8 Å². The van der Waals surface area contributed by atoms with E-state index >= 15 is 0 Å². The van der Waals surface area contributed by atoms with E-state index in [0.29, 0.717) is 0 Å². The molecular weight excluding hydrogens is 274 g/mol. The molecule has 2 heteroatoms. The lowest BCUT2D eigenvalue weighted by molar-refractivity contribution is 0.358. The van der Waals surface area contributed by atoms with Crippen molar-refractivity contribution < 1.29 is 0 Å². The normalized spacial score (nSPS) is 24.9. The summed E-state index contributed by atoms with van der Waals surface area (Å²) in [5, 5.41) is 3.40. The minimum absolute atomic E-state index is 0.736. The maximum atomic E-state index is 3.74. The van der Waals surface area contributed by atoms with E-state index in [9.17, 15) is 0 Å². The molecule has 0 heterocycles. The molecule has 0 saturated heterocycles. The van der Waals surface area contributed by atoms with Gasteiger partial charge in [0.15, 0.2) is 0 Å². The van der Waals surface area contributed by atoms with Crippen LogP contribution in [0.5, 0.6) is 0 Å². The van der Waals surface area contributed by atoms with Gasteiger partial charge in [-0.05, 0) is 62.3 Å². The molecular formula is C15H22BrN. The van der Waals surface area contributed by atoms with Crippen LogP contribution in [-0.4, -0.2) is 13.1 Å². The van der Waals surface area contributed by atoms with Crippen LogP contribution in [0.15, 0.2) is 22.7 Å². The second kappa shape index (κ2) is 6.01. The summed E-state index contributed by atoms with van der Waals surface area (Å²) in [6.45, 7) is 2.21. The molecule has 1 aromatic carbocycles. The van der Waals surface area contributed by atoms with Gasteiger partial charge in [0.2, 0.25) is 0 Å². The van der Waals surface area contributed by atoms with E-state index in [1.165, 1.54) is 41.3 Å². The van der Waals surface area contributed by atoms with Gasteiger partial charge in [0.25, 0.3) is 0 Å². The van der Waals surface area contributed by atoms with Gasteiger partial charge in [-0.1, -0.05) is 35.0 Å². The van der Waals surface area contributed by atoms with Gasteiger partial charge in [0, 0.05) is 10.5 Å². The molecule has 0 radical (unpaired) electrons. The van der Waals surface area contributed by atoms with Gasteiger partial charge in [0.1, 0.15) is 0 Å². The molecule has 0 amide bonds. The number of halogens is 1. The number of hydrogen-bond donors (Lipinski definition) is 1. The van der Waals surface area contributed by atoms with Crippen LogP contribution in [0, 0.1) is 0 Å². The molecule has 1 aliphatic carbocycles. The van der Waals surface area contributed by atoms with E-state index in [-0.39, 0.29) is 0 Å². The summed E-state index contributed by atoms with van der Waals surface area (Å²) in [6, 6.07) is 7.64. The largest absolute Gasteiger partial charge is 0.317 e. The third kappa shape index (κ3) is 3.11. The van der Waals surface area contributed by atoms with E-state index in [2.05, 4.69) is 53.4 Å². The first-order valence-corrected chi connectivity index (χ1v) is 7.49. The van der Waals surface area contributed by atoms with Crippen LogP contribution in [0.3, 0.4) is 0 Å². The number of aryl methyl sites for hydroxylation is 1. The fourth-order valence-corrected chi connectivity index (χ4v) is 3.56. The van der Waals surface area contributed by atoms with Gasteiger partial charge in [-0.15, -0.1) is 0 Å². The third-order valence-corrected chi connectivity index (χ3v) is 4.74. The Bertz CT molecular complexity index is 367. The maximum absolute atomic E-state index is 3.74. The van der Waals surface area contributed by atoms with Crippen LogP contribution in [0.25, 0.3) is 0 Å². The van der Waals surface area contributed by atoms with Gasteiger partial charge in [-0.25, -0.2) is 0 Å². The Morgan fingerprint density at radius 3 is 2.47 bits per heavy atom. The van der Waals surface area contributed by atoms with E-state index in [0.717, 1.165) is 18.4 Å². The predicted molar refractivity (Wildman–Crippen MR) is 77.6 cm³/mol. The smallest absolute Gasteiger partial charge is 0.0212 e. The molecule has 1 aliphatic rings. The molecule has 0 aromatic heterocycles. The van der Waals surface area contributed by atoms with Gasteiger partial charge in [-0.2, -0.15) is 0 Å². The summed E-state index contributed by atoms with van der Waals surface area (Å²) in [6.07, 6.45) is 6.36. The molecule has 0 spiro atoms. The van der Waals surface area contributed by atoms with Gasteiger partial charge in [-0.3, -0.25) is 0 Å². The minimum Gasteiger partial charge on any atom is -0.317 e. The van der Waals surface area contributed by atoms with Crippen molar-refractivity contribution in [3.63, 3.8) is 0 Å². The SMILES string of the molecule is CCc1ccc(C2CCC(NC)CC2)c(Br)c1. The predicted octanol–water partition coefficient (Wildman–Crippen LogP) is 4.26. The Hall–Kier alpha value is -0.340. The highest BCUT2D eigenvalue weighted by molar-refractivity contribution is 9.10. The number of nitrogens with one attached hydrogen (secondary N) is 1. The fourth-order valence-electron chi connectivity index (χ4n) is 2.81. The molecule has 0 unspecified atom stereocenters. The number of rotatable bonds is 3. The molecule has 0 aliphatic heterocycles. The summed E-state index contributed by atoms with van der Waals surface area (Å²) in [7, 11) is 2.08. The minimum atomic E-state index is 0.736.